The summed E-state index contributed by atoms with van der Waals surface area (Å²) >= 11 is 2.10. The van der Waals surface area contributed by atoms with Crippen LogP contribution in [-0.4, -0.2) is 33.3 Å². The Labute approximate surface area is 155 Å². The van der Waals surface area contributed by atoms with Crippen LogP contribution in [0, 0.1) is 10.5 Å². The van der Waals surface area contributed by atoms with E-state index in [0.717, 1.165) is 14.9 Å². The predicted octanol–water partition coefficient (Wildman–Crippen LogP) is 3.43. The zero-order valence-electron chi connectivity index (χ0n) is 13.9. The van der Waals surface area contributed by atoms with Crippen LogP contribution in [0.5, 0.6) is 17.2 Å². The number of carbonyl (C=O) groups is 1. The second kappa shape index (κ2) is 8.77. The average Bonchev–Trinajstić information content (AvgIpc) is 2.59. The molecule has 128 valence electrons. The third-order valence-electron chi connectivity index (χ3n) is 3.46. The smallest absolute Gasteiger partial charge is 0.252 e. The fraction of sp³-hybridized carbons (Fsp3) is 0.278. The molecule has 0 fully saturated rings. The van der Waals surface area contributed by atoms with Crippen LogP contribution in [0.1, 0.15) is 15.9 Å². The molecular weight excluding hydrogens is 421 g/mol. The van der Waals surface area contributed by atoms with Gasteiger partial charge in [0, 0.05) is 3.57 Å². The molecule has 0 spiro atoms. The minimum absolute atomic E-state index is 0.172. The van der Waals surface area contributed by atoms with Crippen LogP contribution in [0.15, 0.2) is 36.4 Å². The van der Waals surface area contributed by atoms with E-state index in [1.54, 1.807) is 26.4 Å². The van der Waals surface area contributed by atoms with Crippen LogP contribution in [0.25, 0.3) is 0 Å². The molecule has 0 aliphatic carbocycles. The van der Waals surface area contributed by atoms with Crippen LogP contribution in [-0.2, 0) is 0 Å². The summed E-state index contributed by atoms with van der Waals surface area (Å²) < 4.78 is 16.9. The zero-order valence-corrected chi connectivity index (χ0v) is 16.0. The normalized spacial score (nSPS) is 10.2. The van der Waals surface area contributed by atoms with Gasteiger partial charge in [0.15, 0.2) is 11.5 Å². The monoisotopic (exact) mass is 441 g/mol. The summed E-state index contributed by atoms with van der Waals surface area (Å²) in [5.41, 5.74) is 1.61. The summed E-state index contributed by atoms with van der Waals surface area (Å²) in [4.78, 5) is 12.3. The van der Waals surface area contributed by atoms with E-state index in [2.05, 4.69) is 27.9 Å². The fourth-order valence-electron chi connectivity index (χ4n) is 2.17. The van der Waals surface area contributed by atoms with Crippen molar-refractivity contribution in [2.75, 3.05) is 27.4 Å². The second-order valence-electron chi connectivity index (χ2n) is 5.06. The van der Waals surface area contributed by atoms with Gasteiger partial charge in [-0.15, -0.1) is 0 Å². The van der Waals surface area contributed by atoms with Crippen LogP contribution in [0.3, 0.4) is 0 Å². The largest absolute Gasteiger partial charge is 0.493 e. The Hall–Kier alpha value is -1.96. The van der Waals surface area contributed by atoms with E-state index in [9.17, 15) is 4.79 Å². The van der Waals surface area contributed by atoms with Gasteiger partial charge in [-0.1, -0.05) is 18.2 Å². The Kier molecular flexibility index (Phi) is 6.72. The van der Waals surface area contributed by atoms with Gasteiger partial charge in [-0.2, -0.15) is 0 Å². The lowest BCUT2D eigenvalue weighted by atomic mass is 10.2. The van der Waals surface area contributed by atoms with E-state index in [4.69, 9.17) is 14.2 Å². The molecule has 2 aromatic carbocycles. The van der Waals surface area contributed by atoms with E-state index < -0.39 is 0 Å². The Balaban J connectivity index is 1.94. The molecule has 2 rings (SSSR count). The number of hydrogen-bond acceptors (Lipinski definition) is 4. The first-order valence-corrected chi connectivity index (χ1v) is 8.53. The SMILES string of the molecule is COc1cc(I)c(C(=O)NCCOc2ccccc2C)cc1OC. The number of benzene rings is 2. The summed E-state index contributed by atoms with van der Waals surface area (Å²) in [6, 6.07) is 11.2. The quantitative estimate of drug-likeness (QED) is 0.529. The topological polar surface area (TPSA) is 56.8 Å². The van der Waals surface area contributed by atoms with Crippen LogP contribution in [0.2, 0.25) is 0 Å². The number of methoxy groups -OCH3 is 2. The highest BCUT2D eigenvalue weighted by molar-refractivity contribution is 14.1. The number of para-hydroxylation sites is 1. The van der Waals surface area contributed by atoms with Gasteiger partial charge in [0.05, 0.1) is 26.3 Å². The Morgan fingerprint density at radius 2 is 1.75 bits per heavy atom. The van der Waals surface area contributed by atoms with E-state index in [0.29, 0.717) is 30.2 Å². The van der Waals surface area contributed by atoms with Crippen molar-refractivity contribution in [2.45, 2.75) is 6.92 Å². The van der Waals surface area contributed by atoms with Gasteiger partial charge in [-0.3, -0.25) is 4.79 Å². The van der Waals surface area contributed by atoms with Gasteiger partial charge < -0.3 is 19.5 Å². The first-order chi connectivity index (χ1) is 11.6. The van der Waals surface area contributed by atoms with Crippen molar-refractivity contribution in [2.24, 2.45) is 0 Å². The van der Waals surface area contributed by atoms with Crippen LogP contribution < -0.4 is 19.5 Å². The minimum Gasteiger partial charge on any atom is -0.493 e. The lowest BCUT2D eigenvalue weighted by Crippen LogP contribution is -2.28. The first kappa shape index (κ1) is 18.4. The standard InChI is InChI=1S/C18H20INO4/c1-12-6-4-5-7-15(12)24-9-8-20-18(21)13-10-16(22-2)17(23-3)11-14(13)19/h4-7,10-11H,8-9H2,1-3H3,(H,20,21). The van der Waals surface area contributed by atoms with Crippen molar-refractivity contribution in [3.63, 3.8) is 0 Å². The molecule has 0 aliphatic rings. The van der Waals surface area contributed by atoms with Crippen molar-refractivity contribution >= 4 is 28.5 Å². The maximum Gasteiger partial charge on any atom is 0.252 e. The molecule has 0 unspecified atom stereocenters. The van der Waals surface area contributed by atoms with Crippen LogP contribution in [0.4, 0.5) is 0 Å². The van der Waals surface area contributed by atoms with Crippen molar-refractivity contribution in [1.82, 2.24) is 5.32 Å². The molecule has 2 aromatic rings. The van der Waals surface area contributed by atoms with E-state index in [-0.39, 0.29) is 5.91 Å². The summed E-state index contributed by atoms with van der Waals surface area (Å²) in [5.74, 6) is 1.78. The highest BCUT2D eigenvalue weighted by atomic mass is 127. The van der Waals surface area contributed by atoms with Gasteiger partial charge in [0.25, 0.3) is 5.91 Å². The Morgan fingerprint density at radius 1 is 1.08 bits per heavy atom. The maximum atomic E-state index is 12.3. The third-order valence-corrected chi connectivity index (χ3v) is 4.35. The minimum atomic E-state index is -0.172. The van der Waals surface area contributed by atoms with Crippen LogP contribution >= 0.6 is 22.6 Å². The number of halogens is 1. The van der Waals surface area contributed by atoms with E-state index >= 15 is 0 Å². The maximum absolute atomic E-state index is 12.3. The van der Waals surface area contributed by atoms with E-state index in [1.165, 1.54) is 0 Å². The Morgan fingerprint density at radius 3 is 2.42 bits per heavy atom. The van der Waals surface area contributed by atoms with Crippen molar-refractivity contribution < 1.29 is 19.0 Å². The highest BCUT2D eigenvalue weighted by Crippen LogP contribution is 2.31. The number of rotatable bonds is 7. The molecule has 0 saturated carbocycles. The summed E-state index contributed by atoms with van der Waals surface area (Å²) in [5, 5.41) is 2.85. The lowest BCUT2D eigenvalue weighted by Gasteiger charge is -2.13. The molecule has 0 bridgehead atoms. The predicted molar refractivity (Wildman–Crippen MR) is 101 cm³/mol. The van der Waals surface area contributed by atoms with Gasteiger partial charge in [-0.25, -0.2) is 0 Å². The number of amides is 1. The van der Waals surface area contributed by atoms with Gasteiger partial charge >= 0.3 is 0 Å². The third kappa shape index (κ3) is 4.53. The molecule has 1 N–H and O–H groups in total. The summed E-state index contributed by atoms with van der Waals surface area (Å²) in [7, 11) is 3.11. The Bertz CT molecular complexity index is 718. The van der Waals surface area contributed by atoms with E-state index in [1.807, 2.05) is 31.2 Å². The fourth-order valence-corrected chi connectivity index (χ4v) is 2.85. The lowest BCUT2D eigenvalue weighted by molar-refractivity contribution is 0.0945. The van der Waals surface area contributed by atoms with Gasteiger partial charge in [0.2, 0.25) is 0 Å². The number of aryl methyl sites for hydroxylation is 1. The van der Waals surface area contributed by atoms with Crippen molar-refractivity contribution in [3.8, 4) is 17.2 Å². The highest BCUT2D eigenvalue weighted by Gasteiger charge is 2.15. The summed E-state index contributed by atoms with van der Waals surface area (Å²) in [6.07, 6.45) is 0. The molecule has 5 nitrogen and oxygen atoms in total. The number of ether oxygens (including phenoxy) is 3. The van der Waals surface area contributed by atoms with Crippen molar-refractivity contribution in [3.05, 3.63) is 51.1 Å². The number of nitrogens with one attached hydrogen (secondary N) is 1. The molecule has 24 heavy (non-hydrogen) atoms. The molecule has 0 aromatic heterocycles. The zero-order chi connectivity index (χ0) is 17.5. The molecule has 6 heteroatoms. The molecule has 0 atom stereocenters. The molecule has 0 saturated heterocycles. The first-order valence-electron chi connectivity index (χ1n) is 7.45. The molecule has 0 heterocycles. The molecule has 0 aliphatic heterocycles. The molecule has 0 radical (unpaired) electrons. The number of hydrogen-bond donors (Lipinski definition) is 1. The molecule has 1 amide bonds. The average molecular weight is 441 g/mol. The van der Waals surface area contributed by atoms with Gasteiger partial charge in [-0.05, 0) is 53.3 Å². The number of carbonyl (C=O) groups excluding carboxylic acids is 1. The summed E-state index contributed by atoms with van der Waals surface area (Å²) in [6.45, 7) is 2.80. The molecular formula is C18H20INO4. The second-order valence-corrected chi connectivity index (χ2v) is 6.22. The van der Waals surface area contributed by atoms with Crippen molar-refractivity contribution in [1.29, 1.82) is 0 Å². The van der Waals surface area contributed by atoms with Gasteiger partial charge in [0.1, 0.15) is 12.4 Å².